The molecule has 1 aromatic rings. The molecule has 0 aliphatic rings. The van der Waals surface area contributed by atoms with E-state index >= 15 is 0 Å². The van der Waals surface area contributed by atoms with Gasteiger partial charge in [-0.2, -0.15) is 0 Å². The van der Waals surface area contributed by atoms with Gasteiger partial charge in [-0.15, -0.1) is 6.58 Å². The van der Waals surface area contributed by atoms with E-state index in [1.807, 2.05) is 26.1 Å². The van der Waals surface area contributed by atoms with Gasteiger partial charge >= 0.3 is 0 Å². The number of benzene rings is 1. The molecule has 0 amide bonds. The molecule has 0 radical (unpaired) electrons. The largest absolute Gasteiger partial charge is 0.313 e. The van der Waals surface area contributed by atoms with E-state index in [0.717, 1.165) is 22.6 Å². The molecule has 1 N–H and O–H groups in total. The normalized spacial score (nSPS) is 12.5. The van der Waals surface area contributed by atoms with E-state index in [9.17, 15) is 0 Å². The molecule has 3 heteroatoms. The summed E-state index contributed by atoms with van der Waals surface area (Å²) in [5.41, 5.74) is 2.14. The molecule has 0 saturated carbocycles. The molecule has 0 fully saturated rings. The van der Waals surface area contributed by atoms with Gasteiger partial charge < -0.3 is 5.32 Å². The average Bonchev–Trinajstić information content (AvgIpc) is 2.18. The summed E-state index contributed by atoms with van der Waals surface area (Å²) in [4.78, 5) is 0. The number of nitrogens with one attached hydrogen (secondary N) is 1. The Kier molecular flexibility index (Phi) is 4.65. The highest BCUT2D eigenvalue weighted by molar-refractivity contribution is 6.33. The van der Waals surface area contributed by atoms with Gasteiger partial charge in [0, 0.05) is 16.1 Å². The lowest BCUT2D eigenvalue weighted by Gasteiger charge is -2.18. The SMILES string of the molecule is C=C(C)CC(NC)c1cc(Cl)ccc1Cl. The molecule has 1 unspecified atom stereocenters. The summed E-state index contributed by atoms with van der Waals surface area (Å²) in [5, 5.41) is 4.65. The van der Waals surface area contributed by atoms with Crippen LogP contribution in [0.2, 0.25) is 10.0 Å². The molecule has 0 bridgehead atoms. The minimum absolute atomic E-state index is 0.175. The summed E-state index contributed by atoms with van der Waals surface area (Å²) >= 11 is 12.1. The predicted octanol–water partition coefficient (Wildman–Crippen LogP) is 4.22. The minimum Gasteiger partial charge on any atom is -0.313 e. The number of hydrogen-bond donors (Lipinski definition) is 1. The summed E-state index contributed by atoms with van der Waals surface area (Å²) in [6.45, 7) is 5.91. The van der Waals surface area contributed by atoms with Gasteiger partial charge in [0.05, 0.1) is 0 Å². The fraction of sp³-hybridized carbons (Fsp3) is 0.333. The Morgan fingerprint density at radius 3 is 2.67 bits per heavy atom. The summed E-state index contributed by atoms with van der Waals surface area (Å²) in [6, 6.07) is 5.69. The Bertz CT molecular complexity index is 361. The third-order valence-electron chi connectivity index (χ3n) is 2.23. The Balaban J connectivity index is 3.00. The van der Waals surface area contributed by atoms with Crippen LogP contribution in [0.4, 0.5) is 0 Å². The molecular weight excluding hydrogens is 229 g/mol. The Labute approximate surface area is 101 Å². The van der Waals surface area contributed by atoms with E-state index in [1.54, 1.807) is 6.07 Å². The van der Waals surface area contributed by atoms with Crippen LogP contribution < -0.4 is 5.32 Å². The zero-order valence-corrected chi connectivity index (χ0v) is 10.5. The first-order valence-corrected chi connectivity index (χ1v) is 5.56. The van der Waals surface area contributed by atoms with Crippen LogP contribution in [0.5, 0.6) is 0 Å². The van der Waals surface area contributed by atoms with E-state index in [4.69, 9.17) is 23.2 Å². The van der Waals surface area contributed by atoms with Crippen molar-refractivity contribution >= 4 is 23.2 Å². The summed E-state index contributed by atoms with van der Waals surface area (Å²) < 4.78 is 0. The van der Waals surface area contributed by atoms with Crippen molar-refractivity contribution in [2.24, 2.45) is 0 Å². The Morgan fingerprint density at radius 1 is 1.47 bits per heavy atom. The fourth-order valence-electron chi connectivity index (χ4n) is 1.50. The molecule has 1 nitrogen and oxygen atoms in total. The first-order chi connectivity index (χ1) is 7.04. The predicted molar refractivity (Wildman–Crippen MR) is 67.7 cm³/mol. The van der Waals surface area contributed by atoms with Crippen LogP contribution in [-0.2, 0) is 0 Å². The van der Waals surface area contributed by atoms with E-state index in [1.165, 1.54) is 0 Å². The topological polar surface area (TPSA) is 12.0 Å². The lowest BCUT2D eigenvalue weighted by atomic mass is 10.0. The minimum atomic E-state index is 0.175. The van der Waals surface area contributed by atoms with E-state index in [2.05, 4.69) is 11.9 Å². The van der Waals surface area contributed by atoms with Crippen molar-refractivity contribution < 1.29 is 0 Å². The highest BCUT2D eigenvalue weighted by Crippen LogP contribution is 2.29. The molecule has 0 aliphatic carbocycles. The molecule has 1 rings (SSSR count). The van der Waals surface area contributed by atoms with E-state index < -0.39 is 0 Å². The van der Waals surface area contributed by atoms with Gasteiger partial charge in [-0.05, 0) is 44.2 Å². The van der Waals surface area contributed by atoms with Crippen molar-refractivity contribution in [3.05, 3.63) is 46.0 Å². The van der Waals surface area contributed by atoms with Crippen molar-refractivity contribution in [1.29, 1.82) is 0 Å². The van der Waals surface area contributed by atoms with Gasteiger partial charge in [-0.1, -0.05) is 28.8 Å². The average molecular weight is 244 g/mol. The first kappa shape index (κ1) is 12.6. The molecule has 1 atom stereocenters. The monoisotopic (exact) mass is 243 g/mol. The summed E-state index contributed by atoms with van der Waals surface area (Å²) in [6.07, 6.45) is 0.858. The Morgan fingerprint density at radius 2 is 2.13 bits per heavy atom. The zero-order valence-electron chi connectivity index (χ0n) is 8.98. The van der Waals surface area contributed by atoms with Crippen LogP contribution in [0, 0.1) is 0 Å². The van der Waals surface area contributed by atoms with Crippen molar-refractivity contribution in [2.45, 2.75) is 19.4 Å². The molecule has 0 aliphatic heterocycles. The number of rotatable bonds is 4. The van der Waals surface area contributed by atoms with Crippen LogP contribution in [-0.4, -0.2) is 7.05 Å². The van der Waals surface area contributed by atoms with Crippen LogP contribution >= 0.6 is 23.2 Å². The number of hydrogen-bond acceptors (Lipinski definition) is 1. The lowest BCUT2D eigenvalue weighted by molar-refractivity contribution is 0.590. The highest BCUT2D eigenvalue weighted by Gasteiger charge is 2.13. The molecule has 15 heavy (non-hydrogen) atoms. The van der Waals surface area contributed by atoms with Gasteiger partial charge in [-0.25, -0.2) is 0 Å². The third kappa shape index (κ3) is 3.53. The van der Waals surface area contributed by atoms with Crippen LogP contribution in [0.3, 0.4) is 0 Å². The second-order valence-electron chi connectivity index (χ2n) is 3.67. The van der Waals surface area contributed by atoms with Crippen molar-refractivity contribution in [1.82, 2.24) is 5.32 Å². The lowest BCUT2D eigenvalue weighted by Crippen LogP contribution is -2.16. The fourth-order valence-corrected chi connectivity index (χ4v) is 1.93. The van der Waals surface area contributed by atoms with Crippen molar-refractivity contribution in [2.75, 3.05) is 7.05 Å². The standard InChI is InChI=1S/C12H15Cl2N/c1-8(2)6-12(15-3)10-7-9(13)4-5-11(10)14/h4-5,7,12,15H,1,6H2,2-3H3. The quantitative estimate of drug-likeness (QED) is 0.782. The van der Waals surface area contributed by atoms with Gasteiger partial charge in [-0.3, -0.25) is 0 Å². The zero-order chi connectivity index (χ0) is 11.4. The van der Waals surface area contributed by atoms with E-state index in [0.29, 0.717) is 5.02 Å². The maximum Gasteiger partial charge on any atom is 0.0454 e. The molecular formula is C12H15Cl2N. The van der Waals surface area contributed by atoms with Crippen molar-refractivity contribution in [3.63, 3.8) is 0 Å². The first-order valence-electron chi connectivity index (χ1n) is 4.81. The maximum absolute atomic E-state index is 6.12. The molecule has 0 aromatic heterocycles. The van der Waals surface area contributed by atoms with Crippen LogP contribution in [0.25, 0.3) is 0 Å². The summed E-state index contributed by atoms with van der Waals surface area (Å²) in [7, 11) is 1.91. The molecule has 0 saturated heterocycles. The third-order valence-corrected chi connectivity index (χ3v) is 2.81. The maximum atomic E-state index is 6.12. The van der Waals surface area contributed by atoms with Gasteiger partial charge in [0.1, 0.15) is 0 Å². The molecule has 0 heterocycles. The van der Waals surface area contributed by atoms with E-state index in [-0.39, 0.29) is 6.04 Å². The highest BCUT2D eigenvalue weighted by atomic mass is 35.5. The smallest absolute Gasteiger partial charge is 0.0454 e. The molecule has 1 aromatic carbocycles. The molecule has 82 valence electrons. The Hall–Kier alpha value is -0.500. The van der Waals surface area contributed by atoms with Gasteiger partial charge in [0.15, 0.2) is 0 Å². The van der Waals surface area contributed by atoms with Crippen molar-refractivity contribution in [3.8, 4) is 0 Å². The number of halogens is 2. The second-order valence-corrected chi connectivity index (χ2v) is 4.51. The van der Waals surface area contributed by atoms with Gasteiger partial charge in [0.25, 0.3) is 0 Å². The van der Waals surface area contributed by atoms with Crippen LogP contribution in [0.1, 0.15) is 24.9 Å². The second kappa shape index (κ2) is 5.55. The van der Waals surface area contributed by atoms with Gasteiger partial charge in [0.2, 0.25) is 0 Å². The molecule has 0 spiro atoms. The summed E-state index contributed by atoms with van der Waals surface area (Å²) in [5.74, 6) is 0. The van der Waals surface area contributed by atoms with Crippen LogP contribution in [0.15, 0.2) is 30.4 Å².